The summed E-state index contributed by atoms with van der Waals surface area (Å²) in [4.78, 5) is 18.5. The first-order valence-electron chi connectivity index (χ1n) is 16.8. The van der Waals surface area contributed by atoms with Crippen molar-refractivity contribution in [3.63, 3.8) is 0 Å². The van der Waals surface area contributed by atoms with Crippen molar-refractivity contribution in [2.24, 2.45) is 5.92 Å². The quantitative estimate of drug-likeness (QED) is 0.116. The molecule has 1 saturated carbocycles. The van der Waals surface area contributed by atoms with Crippen molar-refractivity contribution in [3.05, 3.63) is 87.5 Å². The standard InChI is InChI=1S/C34H25ClF9N9O3S/c1-57(55,56)51-32-26-20(35)3-2-16(29(26)53(50-32)12-33(40,41)42)17-9-21-23(10-45-48-21)47-27(17)22(6-13-4-14(36)7-15(37)5-13)46-24(54)11-52-30-25(28(49-52)31(38)39)18-8-19(18)34(30,43)44/h2-5,7,9-10,18-19,22,31H,6,8,11-12H2,1H3,(H,45,48)(H,46,54)(H,50,51). The zero-order valence-corrected chi connectivity index (χ0v) is 30.3. The molecule has 2 aliphatic rings. The molecule has 3 unspecified atom stereocenters. The fourth-order valence-electron chi connectivity index (χ4n) is 7.54. The highest BCUT2D eigenvalue weighted by molar-refractivity contribution is 7.92. The summed E-state index contributed by atoms with van der Waals surface area (Å²) in [6.45, 7) is -2.74. The van der Waals surface area contributed by atoms with Crippen LogP contribution in [0.25, 0.3) is 33.1 Å². The number of sulfonamides is 1. The molecule has 23 heteroatoms. The van der Waals surface area contributed by atoms with Crippen molar-refractivity contribution in [2.45, 2.75) is 56.4 Å². The highest BCUT2D eigenvalue weighted by Gasteiger charge is 2.67. The molecular weight excluding hydrogens is 821 g/mol. The number of anilines is 1. The molecule has 6 aromatic rings. The zero-order valence-electron chi connectivity index (χ0n) is 28.8. The summed E-state index contributed by atoms with van der Waals surface area (Å²) in [5, 5.41) is 16.3. The summed E-state index contributed by atoms with van der Waals surface area (Å²) in [6.07, 6.45) is -6.62. The molecule has 2 aromatic carbocycles. The number of hydrogen-bond donors (Lipinski definition) is 3. The van der Waals surface area contributed by atoms with Crippen LogP contribution in [0.5, 0.6) is 0 Å². The minimum absolute atomic E-state index is 0.0273. The summed E-state index contributed by atoms with van der Waals surface area (Å²) < 4.78 is 157. The Kier molecular flexibility index (Phi) is 9.02. The van der Waals surface area contributed by atoms with E-state index in [2.05, 4.69) is 35.4 Å². The van der Waals surface area contributed by atoms with Gasteiger partial charge < -0.3 is 5.32 Å². The molecular formula is C34H25ClF9N9O3S. The van der Waals surface area contributed by atoms with E-state index in [0.717, 1.165) is 18.4 Å². The van der Waals surface area contributed by atoms with Crippen LogP contribution in [0.4, 0.5) is 45.3 Å². The number of benzene rings is 2. The summed E-state index contributed by atoms with van der Waals surface area (Å²) >= 11 is 6.45. The van der Waals surface area contributed by atoms with Crippen LogP contribution < -0.4 is 10.0 Å². The number of nitrogens with zero attached hydrogens (tertiary/aromatic N) is 6. The summed E-state index contributed by atoms with van der Waals surface area (Å²) in [5.41, 5.74) is -2.38. The number of carbonyl (C=O) groups is 1. The Balaban J connectivity index is 1.30. The van der Waals surface area contributed by atoms with Crippen LogP contribution in [-0.4, -0.2) is 61.5 Å². The number of amides is 1. The number of hydrogen-bond acceptors (Lipinski definition) is 7. The number of fused-ring (bicyclic) bond motifs is 5. The van der Waals surface area contributed by atoms with Gasteiger partial charge in [0.05, 0.1) is 45.6 Å². The van der Waals surface area contributed by atoms with E-state index in [9.17, 15) is 43.9 Å². The minimum Gasteiger partial charge on any atom is -0.346 e. The predicted molar refractivity (Wildman–Crippen MR) is 185 cm³/mol. The smallest absolute Gasteiger partial charge is 0.346 e. The number of aromatic amines is 1. The number of alkyl halides is 7. The molecule has 12 nitrogen and oxygen atoms in total. The number of carbonyl (C=O) groups excluding carboxylic acids is 1. The Morgan fingerprint density at radius 3 is 2.44 bits per heavy atom. The van der Waals surface area contributed by atoms with E-state index in [0.29, 0.717) is 15.4 Å². The minimum atomic E-state index is -4.90. The van der Waals surface area contributed by atoms with Gasteiger partial charge in [0.2, 0.25) is 15.9 Å². The largest absolute Gasteiger partial charge is 0.408 e. The molecule has 300 valence electrons. The van der Waals surface area contributed by atoms with Gasteiger partial charge in [0.25, 0.3) is 12.3 Å². The average molecular weight is 846 g/mol. The van der Waals surface area contributed by atoms with Crippen LogP contribution in [0.1, 0.15) is 53.0 Å². The maximum atomic E-state index is 15.3. The van der Waals surface area contributed by atoms with E-state index in [4.69, 9.17) is 11.6 Å². The van der Waals surface area contributed by atoms with E-state index in [1.807, 2.05) is 0 Å². The van der Waals surface area contributed by atoms with Crippen molar-refractivity contribution in [2.75, 3.05) is 11.0 Å². The molecule has 0 aliphatic heterocycles. The number of pyridine rings is 1. The SMILES string of the molecule is CS(=O)(=O)Nc1nn(CC(F)(F)F)c2c(-c3cc4[nH]ncc4nc3C(Cc3cc(F)cc(F)c3)NC(=O)Cn3nc(C(F)F)c4c3C(F)(F)C3CC43)ccc(Cl)c12. The third-order valence-electron chi connectivity index (χ3n) is 9.69. The van der Waals surface area contributed by atoms with Gasteiger partial charge >= 0.3 is 6.18 Å². The molecule has 0 spiro atoms. The average Bonchev–Trinajstić information content (AvgIpc) is 3.31. The lowest BCUT2D eigenvalue weighted by atomic mass is 9.93. The van der Waals surface area contributed by atoms with Gasteiger partial charge in [0.15, 0.2) is 5.82 Å². The fraction of sp³-hybridized carbons (Fsp3) is 0.324. The van der Waals surface area contributed by atoms with E-state index >= 15 is 8.78 Å². The van der Waals surface area contributed by atoms with E-state index in [1.54, 1.807) is 0 Å². The predicted octanol–water partition coefficient (Wildman–Crippen LogP) is 7.28. The molecule has 57 heavy (non-hydrogen) atoms. The third-order valence-corrected chi connectivity index (χ3v) is 10.6. The van der Waals surface area contributed by atoms with Crippen LogP contribution in [0, 0.1) is 17.6 Å². The lowest BCUT2D eigenvalue weighted by Crippen LogP contribution is -2.35. The number of rotatable bonds is 11. The highest BCUT2D eigenvalue weighted by Crippen LogP contribution is 2.68. The Morgan fingerprint density at radius 2 is 1.77 bits per heavy atom. The number of nitrogens with one attached hydrogen (secondary N) is 3. The Morgan fingerprint density at radius 1 is 1.05 bits per heavy atom. The first-order valence-corrected chi connectivity index (χ1v) is 19.0. The number of aromatic nitrogens is 7. The Bertz CT molecular complexity index is 2710. The lowest BCUT2D eigenvalue weighted by molar-refractivity contribution is -0.141. The van der Waals surface area contributed by atoms with Gasteiger partial charge in [-0.3, -0.25) is 24.0 Å². The van der Waals surface area contributed by atoms with Crippen molar-refractivity contribution in [3.8, 4) is 11.1 Å². The van der Waals surface area contributed by atoms with Crippen molar-refractivity contribution in [1.29, 1.82) is 0 Å². The molecule has 0 saturated heterocycles. The summed E-state index contributed by atoms with van der Waals surface area (Å²) in [6, 6.07) is 4.88. The second-order valence-corrected chi connectivity index (χ2v) is 16.0. The highest BCUT2D eigenvalue weighted by atomic mass is 35.5. The van der Waals surface area contributed by atoms with Crippen LogP contribution in [0.2, 0.25) is 5.02 Å². The molecule has 2 aliphatic carbocycles. The number of H-pyrrole nitrogens is 1. The van der Waals surface area contributed by atoms with Gasteiger partial charge in [-0.2, -0.15) is 37.2 Å². The van der Waals surface area contributed by atoms with E-state index in [-0.39, 0.29) is 61.3 Å². The van der Waals surface area contributed by atoms with Gasteiger partial charge in [0, 0.05) is 28.7 Å². The summed E-state index contributed by atoms with van der Waals surface area (Å²) in [5.74, 6) is -9.30. The second-order valence-electron chi connectivity index (χ2n) is 13.8. The molecule has 0 bridgehead atoms. The monoisotopic (exact) mass is 845 g/mol. The second kappa shape index (κ2) is 13.4. The van der Waals surface area contributed by atoms with Crippen LogP contribution in [0.3, 0.4) is 0 Å². The lowest BCUT2D eigenvalue weighted by Gasteiger charge is -2.23. The molecule has 4 aromatic heterocycles. The van der Waals surface area contributed by atoms with Crippen molar-refractivity contribution in [1.82, 2.24) is 40.1 Å². The van der Waals surface area contributed by atoms with Gasteiger partial charge in [-0.1, -0.05) is 17.7 Å². The molecule has 1 amide bonds. The van der Waals surface area contributed by atoms with Gasteiger partial charge in [-0.25, -0.2) is 31.0 Å². The molecule has 3 atom stereocenters. The first kappa shape index (κ1) is 38.5. The van der Waals surface area contributed by atoms with Crippen molar-refractivity contribution >= 4 is 55.3 Å². The molecule has 3 N–H and O–H groups in total. The van der Waals surface area contributed by atoms with Crippen molar-refractivity contribution < 1.29 is 52.7 Å². The summed E-state index contributed by atoms with van der Waals surface area (Å²) in [7, 11) is -4.13. The number of halogens is 10. The van der Waals surface area contributed by atoms with Gasteiger partial charge in [0.1, 0.15) is 41.6 Å². The van der Waals surface area contributed by atoms with Gasteiger partial charge in [-0.15, -0.1) is 0 Å². The molecule has 4 heterocycles. The third kappa shape index (κ3) is 7.12. The maximum absolute atomic E-state index is 15.3. The van der Waals surface area contributed by atoms with Crippen LogP contribution in [-0.2, 0) is 40.3 Å². The Labute approximate surface area is 319 Å². The van der Waals surface area contributed by atoms with Gasteiger partial charge in [-0.05, 0) is 48.6 Å². The molecule has 8 rings (SSSR count). The molecule has 1 fully saturated rings. The van der Waals surface area contributed by atoms with E-state index < -0.39 is 101 Å². The van der Waals surface area contributed by atoms with Crippen LogP contribution >= 0.6 is 11.6 Å². The fourth-order valence-corrected chi connectivity index (χ4v) is 8.27. The van der Waals surface area contributed by atoms with Crippen LogP contribution in [0.15, 0.2) is 42.6 Å². The van der Waals surface area contributed by atoms with E-state index in [1.165, 1.54) is 24.4 Å². The normalized spacial score (nSPS) is 18.0. The topological polar surface area (TPSA) is 152 Å². The maximum Gasteiger partial charge on any atom is 0.408 e. The molecule has 0 radical (unpaired) electrons. The Hall–Kier alpha value is -5.38. The zero-order chi connectivity index (χ0) is 40.9. The first-order chi connectivity index (χ1) is 26.7.